The van der Waals surface area contributed by atoms with Gasteiger partial charge in [-0.1, -0.05) is 229 Å². The Morgan fingerprint density at radius 3 is 1.12 bits per heavy atom. The summed E-state index contributed by atoms with van der Waals surface area (Å²) >= 11 is 0. The van der Waals surface area contributed by atoms with Gasteiger partial charge in [-0.3, -0.25) is 23.4 Å². The molecule has 0 fully saturated rings. The predicted molar refractivity (Wildman–Crippen MR) is 307 cm³/mol. The summed E-state index contributed by atoms with van der Waals surface area (Å²) in [5.74, 6) is -1.50. The zero-order valence-corrected chi connectivity index (χ0v) is 48.2. The number of carbonyl (C=O) groups is 3. The van der Waals surface area contributed by atoms with Crippen molar-refractivity contribution in [3.8, 4) is 0 Å². The Morgan fingerprint density at radius 1 is 0.392 bits per heavy atom. The molecule has 0 radical (unpaired) electrons. The molecule has 0 bridgehead atoms. The molecular weight excluding hydrogens is 952 g/mol. The van der Waals surface area contributed by atoms with Gasteiger partial charge in [-0.25, -0.2) is 4.57 Å². The molecule has 3 atom stereocenters. The van der Waals surface area contributed by atoms with Gasteiger partial charge in [0.05, 0.1) is 19.8 Å². The third-order valence-corrected chi connectivity index (χ3v) is 13.6. The van der Waals surface area contributed by atoms with Gasteiger partial charge in [-0.15, -0.1) is 0 Å². The van der Waals surface area contributed by atoms with Crippen molar-refractivity contribution in [2.45, 2.75) is 277 Å². The minimum atomic E-state index is -4.76. The number of rotatable bonds is 55. The minimum Gasteiger partial charge on any atom is -0.462 e. The van der Waals surface area contributed by atoms with Crippen molar-refractivity contribution in [3.63, 3.8) is 0 Å². The summed E-state index contributed by atoms with van der Waals surface area (Å²) in [4.78, 5) is 48.6. The van der Waals surface area contributed by atoms with Gasteiger partial charge in [0.1, 0.15) is 12.7 Å². The molecule has 74 heavy (non-hydrogen) atoms. The molecule has 3 unspecified atom stereocenters. The smallest absolute Gasteiger partial charge is 0.462 e. The average Bonchev–Trinajstić information content (AvgIpc) is 3.39. The first kappa shape index (κ1) is 70.9. The van der Waals surface area contributed by atoms with Crippen LogP contribution in [0.25, 0.3) is 0 Å². The quantitative estimate of drug-likeness (QED) is 0.0197. The van der Waals surface area contributed by atoms with Crippen molar-refractivity contribution in [3.05, 3.63) is 72.9 Å². The Kier molecular flexibility index (Phi) is 53.8. The average molecular weight is 1060 g/mol. The number of aliphatic hydroxyl groups excluding tert-OH is 1. The fourth-order valence-corrected chi connectivity index (χ4v) is 8.87. The molecule has 428 valence electrons. The summed E-state index contributed by atoms with van der Waals surface area (Å²) in [6, 6.07) is 0. The van der Waals surface area contributed by atoms with Crippen LogP contribution in [0.2, 0.25) is 0 Å². The maximum atomic E-state index is 12.9. The van der Waals surface area contributed by atoms with E-state index in [-0.39, 0.29) is 25.9 Å². The zero-order valence-electron chi connectivity index (χ0n) is 47.3. The molecule has 0 aromatic carbocycles. The molecule has 0 aromatic heterocycles. The van der Waals surface area contributed by atoms with Crippen molar-refractivity contribution >= 4 is 25.7 Å². The van der Waals surface area contributed by atoms with Crippen LogP contribution in [0, 0.1) is 0 Å². The van der Waals surface area contributed by atoms with Crippen LogP contribution in [0.4, 0.5) is 0 Å². The number of phosphoric acid groups is 1. The van der Waals surface area contributed by atoms with Gasteiger partial charge in [0.25, 0.3) is 0 Å². The van der Waals surface area contributed by atoms with Crippen LogP contribution in [0.1, 0.15) is 265 Å². The summed E-state index contributed by atoms with van der Waals surface area (Å²) in [6.07, 6.45) is 62.9. The molecule has 0 rings (SSSR count). The van der Waals surface area contributed by atoms with E-state index in [4.69, 9.17) is 23.3 Å². The van der Waals surface area contributed by atoms with E-state index in [0.717, 1.165) is 109 Å². The third kappa shape index (κ3) is 53.7. The first-order chi connectivity index (χ1) is 36.2. The van der Waals surface area contributed by atoms with E-state index < -0.39 is 57.8 Å². The fourth-order valence-electron chi connectivity index (χ4n) is 8.08. The number of allylic oxidation sites excluding steroid dienone is 12. The number of aliphatic hydroxyl groups is 1. The summed E-state index contributed by atoms with van der Waals surface area (Å²) in [5.41, 5.74) is 0. The third-order valence-electron chi connectivity index (χ3n) is 12.6. The van der Waals surface area contributed by atoms with Gasteiger partial charge >= 0.3 is 25.7 Å². The van der Waals surface area contributed by atoms with E-state index >= 15 is 0 Å². The van der Waals surface area contributed by atoms with E-state index in [1.54, 1.807) is 0 Å². The number of esters is 3. The lowest BCUT2D eigenvalue weighted by molar-refractivity contribution is -0.161. The van der Waals surface area contributed by atoms with Crippen molar-refractivity contribution in [2.24, 2.45) is 0 Å². The summed E-state index contributed by atoms with van der Waals surface area (Å²) in [6.45, 7) is 4.48. The molecule has 0 amide bonds. The number of hydrogen-bond donors (Lipinski definition) is 2. The normalized spacial score (nSPS) is 13.9. The first-order valence-electron chi connectivity index (χ1n) is 29.8. The van der Waals surface area contributed by atoms with E-state index in [2.05, 4.69) is 93.7 Å². The van der Waals surface area contributed by atoms with E-state index in [1.165, 1.54) is 96.3 Å². The number of carbonyl (C=O) groups excluding carboxylic acids is 3. The van der Waals surface area contributed by atoms with Crippen LogP contribution >= 0.6 is 7.82 Å². The summed E-state index contributed by atoms with van der Waals surface area (Å²) in [7, 11) is -4.76. The van der Waals surface area contributed by atoms with Crippen molar-refractivity contribution in [1.82, 2.24) is 0 Å². The highest BCUT2D eigenvalue weighted by Gasteiger charge is 2.28. The van der Waals surface area contributed by atoms with Gasteiger partial charge in [-0.05, 0) is 89.9 Å². The van der Waals surface area contributed by atoms with Gasteiger partial charge in [-0.2, -0.15) is 0 Å². The molecule has 0 saturated heterocycles. The fraction of sp³-hybridized carbons (Fsp3) is 0.758. The molecule has 11 nitrogen and oxygen atoms in total. The Labute approximate surface area is 452 Å². The van der Waals surface area contributed by atoms with Crippen molar-refractivity contribution in [2.75, 3.05) is 26.4 Å². The Morgan fingerprint density at radius 2 is 0.703 bits per heavy atom. The molecule has 0 heterocycles. The number of hydrogen-bond acceptors (Lipinski definition) is 10. The lowest BCUT2D eigenvalue weighted by Gasteiger charge is -2.21. The van der Waals surface area contributed by atoms with Crippen LogP contribution in [-0.4, -0.2) is 66.5 Å². The SMILES string of the molecule is CC/C=C\C/C=C\C/C=C\CCCCCC(=O)OC(CO)COP(=O)(O)OCC(COC(=O)CCCCCCCCCCCCCCCCC)OC(=O)CCCCCCCC/C=C\C/C=C\C/C=C\CCCCC. The Bertz CT molecular complexity index is 1520. The molecule has 0 aromatic rings. The van der Waals surface area contributed by atoms with E-state index in [9.17, 15) is 28.9 Å². The molecule has 0 aliphatic heterocycles. The Hall–Kier alpha value is -3.08. The maximum Gasteiger partial charge on any atom is 0.472 e. The predicted octanol–water partition coefficient (Wildman–Crippen LogP) is 17.7. The van der Waals surface area contributed by atoms with E-state index in [0.29, 0.717) is 19.3 Å². The second-order valence-electron chi connectivity index (χ2n) is 19.8. The molecule has 0 spiro atoms. The largest absolute Gasteiger partial charge is 0.472 e. The van der Waals surface area contributed by atoms with Crippen LogP contribution in [0.5, 0.6) is 0 Å². The molecule has 0 saturated carbocycles. The molecule has 12 heteroatoms. The topological polar surface area (TPSA) is 155 Å². The van der Waals surface area contributed by atoms with Crippen molar-refractivity contribution < 1.29 is 52.2 Å². The van der Waals surface area contributed by atoms with Gasteiger partial charge < -0.3 is 24.2 Å². The highest BCUT2D eigenvalue weighted by Crippen LogP contribution is 2.43. The van der Waals surface area contributed by atoms with Gasteiger partial charge in [0.2, 0.25) is 0 Å². The first-order valence-corrected chi connectivity index (χ1v) is 31.3. The zero-order chi connectivity index (χ0) is 54.1. The van der Waals surface area contributed by atoms with Crippen LogP contribution < -0.4 is 0 Å². The monoisotopic (exact) mass is 1060 g/mol. The number of unbranched alkanes of at least 4 members (excludes halogenated alkanes) is 26. The standard InChI is InChI=1S/C62H109O11P/c1-4-7-10-13-16-19-22-25-27-28-29-30-32-35-38-41-44-47-50-53-62(66)73-59(55-69-60(64)51-48-45-42-39-36-34-31-26-23-20-17-14-11-8-5-2)57-71-74(67,68)70-56-58(54-63)72-61(65)52-49-46-43-40-37-33-24-21-18-15-12-9-6-3/h9,12,16,18-19,21,25,27,29-30,33,37,58-59,63H,4-8,10-11,13-15,17,20,22-24,26,28,31-32,34-36,38-57H2,1-3H3,(H,67,68)/b12-9-,19-16-,21-18-,27-25-,30-29-,37-33-. The highest BCUT2D eigenvalue weighted by atomic mass is 31.2. The number of phosphoric ester groups is 1. The number of ether oxygens (including phenoxy) is 3. The van der Waals surface area contributed by atoms with Crippen LogP contribution in [0.15, 0.2) is 72.9 Å². The lowest BCUT2D eigenvalue weighted by Crippen LogP contribution is -2.30. The van der Waals surface area contributed by atoms with Crippen LogP contribution in [0.3, 0.4) is 0 Å². The second kappa shape index (κ2) is 56.1. The second-order valence-corrected chi connectivity index (χ2v) is 21.2. The molecular formula is C62H109O11P. The van der Waals surface area contributed by atoms with E-state index in [1.807, 2.05) is 0 Å². The van der Waals surface area contributed by atoms with Gasteiger partial charge in [0, 0.05) is 19.3 Å². The lowest BCUT2D eigenvalue weighted by atomic mass is 10.0. The summed E-state index contributed by atoms with van der Waals surface area (Å²) in [5, 5.41) is 9.81. The van der Waals surface area contributed by atoms with Crippen molar-refractivity contribution in [1.29, 1.82) is 0 Å². The molecule has 2 N–H and O–H groups in total. The maximum absolute atomic E-state index is 12.9. The summed E-state index contributed by atoms with van der Waals surface area (Å²) < 4.78 is 39.5. The minimum absolute atomic E-state index is 0.140. The molecule has 0 aliphatic rings. The Balaban J connectivity index is 4.76. The van der Waals surface area contributed by atoms with Gasteiger partial charge in [0.15, 0.2) is 6.10 Å². The highest BCUT2D eigenvalue weighted by molar-refractivity contribution is 7.47. The molecule has 0 aliphatic carbocycles. The van der Waals surface area contributed by atoms with Crippen LogP contribution in [-0.2, 0) is 42.2 Å².